The molecule has 4 aromatic carbocycles. The molecule has 6 heteroatoms. The van der Waals surface area contributed by atoms with Gasteiger partial charge in [-0.2, -0.15) is 0 Å². The van der Waals surface area contributed by atoms with Gasteiger partial charge in [-0.05, 0) is 75.2 Å². The SMILES string of the molecule is COc1ccc(C(=O)Nc2ccc3oc(-c4ccc5ccccc5c4)nc3c2)cc1Br. The van der Waals surface area contributed by atoms with Crippen LogP contribution in [0, 0.1) is 0 Å². The Kier molecular flexibility index (Phi) is 4.92. The summed E-state index contributed by atoms with van der Waals surface area (Å²) in [6.45, 7) is 0. The summed E-state index contributed by atoms with van der Waals surface area (Å²) >= 11 is 3.41. The molecule has 0 saturated carbocycles. The number of oxazole rings is 1. The van der Waals surface area contributed by atoms with Gasteiger partial charge in [0.05, 0.1) is 11.6 Å². The number of amides is 1. The van der Waals surface area contributed by atoms with Gasteiger partial charge in [-0.15, -0.1) is 0 Å². The number of hydrogen-bond acceptors (Lipinski definition) is 4. The fraction of sp³-hybridized carbons (Fsp3) is 0.0400. The highest BCUT2D eigenvalue weighted by Gasteiger charge is 2.12. The third kappa shape index (κ3) is 3.78. The van der Waals surface area contributed by atoms with Crippen LogP contribution in [-0.4, -0.2) is 18.0 Å². The van der Waals surface area contributed by atoms with Crippen molar-refractivity contribution in [1.29, 1.82) is 0 Å². The number of ether oxygens (including phenoxy) is 1. The van der Waals surface area contributed by atoms with Gasteiger partial charge >= 0.3 is 0 Å². The van der Waals surface area contributed by atoms with E-state index < -0.39 is 0 Å². The van der Waals surface area contributed by atoms with Crippen LogP contribution < -0.4 is 10.1 Å². The highest BCUT2D eigenvalue weighted by Crippen LogP contribution is 2.29. The number of nitrogens with zero attached hydrogens (tertiary/aromatic N) is 1. The molecule has 5 nitrogen and oxygen atoms in total. The number of carbonyl (C=O) groups excluding carboxylic acids is 1. The first-order valence-corrected chi connectivity index (χ1v) is 10.4. The second kappa shape index (κ2) is 7.89. The zero-order valence-electron chi connectivity index (χ0n) is 16.6. The molecule has 5 rings (SSSR count). The molecule has 0 bridgehead atoms. The van der Waals surface area contributed by atoms with E-state index in [0.29, 0.717) is 34.0 Å². The Hall–Kier alpha value is -3.64. The smallest absolute Gasteiger partial charge is 0.255 e. The number of hydrogen-bond donors (Lipinski definition) is 1. The number of anilines is 1. The number of nitrogens with one attached hydrogen (secondary N) is 1. The molecule has 0 aliphatic rings. The maximum absolute atomic E-state index is 12.6. The fourth-order valence-electron chi connectivity index (χ4n) is 3.46. The predicted octanol–water partition coefficient (Wildman–Crippen LogP) is 6.67. The van der Waals surface area contributed by atoms with Gasteiger partial charge < -0.3 is 14.5 Å². The van der Waals surface area contributed by atoms with Crippen molar-refractivity contribution in [2.45, 2.75) is 0 Å². The summed E-state index contributed by atoms with van der Waals surface area (Å²) < 4.78 is 11.9. The van der Waals surface area contributed by atoms with Gasteiger partial charge in [-0.25, -0.2) is 4.98 Å². The van der Waals surface area contributed by atoms with Crippen LogP contribution >= 0.6 is 15.9 Å². The first kappa shape index (κ1) is 19.3. The number of rotatable bonds is 4. The molecule has 5 aromatic rings. The molecule has 0 aliphatic carbocycles. The third-order valence-corrected chi connectivity index (χ3v) is 5.68. The Labute approximate surface area is 186 Å². The minimum absolute atomic E-state index is 0.221. The molecule has 0 spiro atoms. The minimum atomic E-state index is -0.221. The summed E-state index contributed by atoms with van der Waals surface area (Å²) in [5.41, 5.74) is 3.40. The van der Waals surface area contributed by atoms with Crippen LogP contribution in [0.3, 0.4) is 0 Å². The van der Waals surface area contributed by atoms with Crippen molar-refractivity contribution in [1.82, 2.24) is 4.98 Å². The van der Waals surface area contributed by atoms with Crippen molar-refractivity contribution in [3.8, 4) is 17.2 Å². The van der Waals surface area contributed by atoms with Gasteiger partial charge in [0.1, 0.15) is 11.3 Å². The largest absolute Gasteiger partial charge is 0.496 e. The second-order valence-corrected chi connectivity index (χ2v) is 7.92. The standard InChI is InChI=1S/C25H17BrN2O3/c1-30-22-10-8-17(13-20(22)26)24(29)27-19-9-11-23-21(14-19)28-25(31-23)18-7-6-15-4-2-3-5-16(15)12-18/h2-14H,1H3,(H,27,29). The van der Waals surface area contributed by atoms with Crippen molar-refractivity contribution in [3.63, 3.8) is 0 Å². The van der Waals surface area contributed by atoms with Gasteiger partial charge in [-0.1, -0.05) is 30.3 Å². The van der Waals surface area contributed by atoms with E-state index in [1.54, 1.807) is 37.4 Å². The molecular formula is C25H17BrN2O3. The first-order valence-electron chi connectivity index (χ1n) is 9.65. The fourth-order valence-corrected chi connectivity index (χ4v) is 4.00. The van der Waals surface area contributed by atoms with E-state index >= 15 is 0 Å². The number of fused-ring (bicyclic) bond motifs is 2. The predicted molar refractivity (Wildman–Crippen MR) is 126 cm³/mol. The topological polar surface area (TPSA) is 64.4 Å². The van der Waals surface area contributed by atoms with Gasteiger partial charge in [0.25, 0.3) is 5.91 Å². The quantitative estimate of drug-likeness (QED) is 0.317. The van der Waals surface area contributed by atoms with Crippen LogP contribution in [0.25, 0.3) is 33.3 Å². The van der Waals surface area contributed by atoms with Gasteiger partial charge in [0.15, 0.2) is 5.58 Å². The zero-order valence-corrected chi connectivity index (χ0v) is 18.1. The molecule has 0 aliphatic heterocycles. The molecule has 0 unspecified atom stereocenters. The van der Waals surface area contributed by atoms with E-state index in [4.69, 9.17) is 9.15 Å². The van der Waals surface area contributed by atoms with Crippen molar-refractivity contribution < 1.29 is 13.9 Å². The summed E-state index contributed by atoms with van der Waals surface area (Å²) in [4.78, 5) is 17.3. The van der Waals surface area contributed by atoms with Crippen molar-refractivity contribution in [3.05, 3.63) is 88.9 Å². The molecule has 31 heavy (non-hydrogen) atoms. The minimum Gasteiger partial charge on any atom is -0.496 e. The first-order chi connectivity index (χ1) is 15.1. The average molecular weight is 473 g/mol. The van der Waals surface area contributed by atoms with Crippen molar-refractivity contribution in [2.24, 2.45) is 0 Å². The van der Waals surface area contributed by atoms with Crippen molar-refractivity contribution >= 4 is 49.4 Å². The number of benzene rings is 4. The molecule has 1 heterocycles. The molecular weight excluding hydrogens is 456 g/mol. The molecule has 0 atom stereocenters. The summed E-state index contributed by atoms with van der Waals surface area (Å²) in [6.07, 6.45) is 0. The lowest BCUT2D eigenvalue weighted by Gasteiger charge is -2.07. The Balaban J connectivity index is 1.42. The maximum atomic E-state index is 12.6. The van der Waals surface area contributed by atoms with Crippen LogP contribution in [0.5, 0.6) is 5.75 Å². The number of aromatic nitrogens is 1. The Morgan fingerprint density at radius 3 is 2.61 bits per heavy atom. The van der Waals surface area contributed by atoms with Gasteiger partial charge in [-0.3, -0.25) is 4.79 Å². The molecule has 1 amide bonds. The van der Waals surface area contributed by atoms with Crippen LogP contribution in [0.4, 0.5) is 5.69 Å². The highest BCUT2D eigenvalue weighted by molar-refractivity contribution is 9.10. The summed E-state index contributed by atoms with van der Waals surface area (Å²) in [5, 5.41) is 5.20. The normalized spacial score (nSPS) is 11.0. The van der Waals surface area contributed by atoms with Crippen molar-refractivity contribution in [2.75, 3.05) is 12.4 Å². The Morgan fingerprint density at radius 2 is 1.81 bits per heavy atom. The number of methoxy groups -OCH3 is 1. The molecule has 1 N–H and O–H groups in total. The number of halogens is 1. The third-order valence-electron chi connectivity index (χ3n) is 5.06. The van der Waals surface area contributed by atoms with Gasteiger partial charge in [0.2, 0.25) is 5.89 Å². The average Bonchev–Trinajstić information content (AvgIpc) is 3.22. The molecule has 0 radical (unpaired) electrons. The summed E-state index contributed by atoms with van der Waals surface area (Å²) in [7, 11) is 1.58. The zero-order chi connectivity index (χ0) is 21.4. The number of carbonyl (C=O) groups is 1. The van der Waals surface area contributed by atoms with E-state index in [-0.39, 0.29) is 5.91 Å². The lowest BCUT2D eigenvalue weighted by Crippen LogP contribution is -2.11. The van der Waals surface area contributed by atoms with Crippen LogP contribution in [0.15, 0.2) is 87.8 Å². The van der Waals surface area contributed by atoms with Gasteiger partial charge in [0, 0.05) is 16.8 Å². The van der Waals surface area contributed by atoms with Crippen LogP contribution in [0.2, 0.25) is 0 Å². The lowest BCUT2D eigenvalue weighted by molar-refractivity contribution is 0.102. The lowest BCUT2D eigenvalue weighted by atomic mass is 10.1. The Morgan fingerprint density at radius 1 is 0.968 bits per heavy atom. The maximum Gasteiger partial charge on any atom is 0.255 e. The summed E-state index contributed by atoms with van der Waals surface area (Å²) in [5.74, 6) is 0.992. The van der Waals surface area contributed by atoms with E-state index in [1.807, 2.05) is 24.3 Å². The van der Waals surface area contributed by atoms with E-state index in [2.05, 4.69) is 50.5 Å². The highest BCUT2D eigenvalue weighted by atomic mass is 79.9. The second-order valence-electron chi connectivity index (χ2n) is 7.07. The van der Waals surface area contributed by atoms with Crippen LogP contribution in [0.1, 0.15) is 10.4 Å². The summed E-state index contributed by atoms with van der Waals surface area (Å²) in [6, 6.07) is 24.9. The van der Waals surface area contributed by atoms with Crippen LogP contribution in [-0.2, 0) is 0 Å². The molecule has 1 aromatic heterocycles. The van der Waals surface area contributed by atoms with E-state index in [9.17, 15) is 4.79 Å². The molecule has 152 valence electrons. The monoisotopic (exact) mass is 472 g/mol. The van der Waals surface area contributed by atoms with E-state index in [1.165, 1.54) is 0 Å². The van der Waals surface area contributed by atoms with E-state index in [0.717, 1.165) is 20.8 Å². The Bertz CT molecular complexity index is 1440. The molecule has 0 fully saturated rings. The molecule has 0 saturated heterocycles.